The molecule has 23 heavy (non-hydrogen) atoms. The molecule has 116 valence electrons. The molecule has 2 radical (unpaired) electrons. The van der Waals surface area contributed by atoms with Crippen LogP contribution in [0.2, 0.25) is 0 Å². The molecule has 0 aromatic heterocycles. The van der Waals surface area contributed by atoms with Crippen LogP contribution in [0.4, 0.5) is 0 Å². The Morgan fingerprint density at radius 3 is 2.17 bits per heavy atom. The van der Waals surface area contributed by atoms with Gasteiger partial charge in [0.2, 0.25) is 12.6 Å². The molecule has 4 nitrogen and oxygen atoms in total. The van der Waals surface area contributed by atoms with E-state index < -0.39 is 0 Å². The molecule has 0 saturated heterocycles. The van der Waals surface area contributed by atoms with E-state index in [0.717, 1.165) is 12.1 Å². The van der Waals surface area contributed by atoms with Gasteiger partial charge in [-0.3, -0.25) is 4.79 Å². The minimum Gasteiger partial charge on any atom is -0.350 e. The molecule has 0 atom stereocenters. The zero-order valence-electron chi connectivity index (χ0n) is 12.9. The normalized spacial score (nSPS) is 13.4. The Kier molecular flexibility index (Phi) is 4.94. The number of carbonyl (C=O) groups excluding carboxylic acids is 1. The fourth-order valence-corrected chi connectivity index (χ4v) is 2.36. The summed E-state index contributed by atoms with van der Waals surface area (Å²) in [7, 11) is 0. The quantitative estimate of drug-likeness (QED) is 0.891. The van der Waals surface area contributed by atoms with Crippen molar-refractivity contribution in [1.82, 2.24) is 15.1 Å². The van der Waals surface area contributed by atoms with Crippen molar-refractivity contribution in [2.24, 2.45) is 0 Å². The van der Waals surface area contributed by atoms with Crippen LogP contribution in [0.3, 0.4) is 0 Å². The molecule has 1 heterocycles. The predicted molar refractivity (Wildman–Crippen MR) is 89.4 cm³/mol. The smallest absolute Gasteiger partial charge is 0.239 e. The van der Waals surface area contributed by atoms with Gasteiger partial charge in [0.25, 0.3) is 0 Å². The van der Waals surface area contributed by atoms with Crippen LogP contribution in [0.15, 0.2) is 73.1 Å². The van der Waals surface area contributed by atoms with Crippen molar-refractivity contribution >= 4 is 5.91 Å². The molecule has 3 rings (SSSR count). The highest BCUT2D eigenvalue weighted by atomic mass is 16.2. The summed E-state index contributed by atoms with van der Waals surface area (Å²) < 4.78 is 0. The average molecular weight is 305 g/mol. The van der Waals surface area contributed by atoms with Gasteiger partial charge in [-0.25, -0.2) is 0 Å². The Bertz CT molecular complexity index is 655. The minimum atomic E-state index is -0.0208. The average Bonchev–Trinajstić information content (AvgIpc) is 3.02. The van der Waals surface area contributed by atoms with Crippen molar-refractivity contribution in [1.29, 1.82) is 0 Å². The molecule has 1 aliphatic rings. The third-order valence-corrected chi connectivity index (χ3v) is 3.53. The zero-order valence-corrected chi connectivity index (χ0v) is 12.9. The standard InChI is InChI=1S/C19H19N3O/c23-19(20-13-17-7-3-1-4-8-17)15-22-12-11-21(16-22)14-18-9-5-2-6-10-18/h1-12H,13-15H2,(H,20,23). The van der Waals surface area contributed by atoms with Crippen molar-refractivity contribution in [2.45, 2.75) is 13.1 Å². The predicted octanol–water partition coefficient (Wildman–Crippen LogP) is 2.59. The van der Waals surface area contributed by atoms with Crippen molar-refractivity contribution in [3.05, 3.63) is 90.9 Å². The van der Waals surface area contributed by atoms with Crippen molar-refractivity contribution in [3.8, 4) is 0 Å². The van der Waals surface area contributed by atoms with Gasteiger partial charge in [-0.2, -0.15) is 0 Å². The van der Waals surface area contributed by atoms with Gasteiger partial charge in [-0.15, -0.1) is 0 Å². The van der Waals surface area contributed by atoms with Crippen molar-refractivity contribution in [3.63, 3.8) is 0 Å². The first-order valence-corrected chi connectivity index (χ1v) is 7.62. The molecular weight excluding hydrogens is 286 g/mol. The van der Waals surface area contributed by atoms with Gasteiger partial charge in [0.05, 0.1) is 6.54 Å². The fraction of sp³-hybridized carbons (Fsp3) is 0.158. The molecule has 0 saturated carbocycles. The van der Waals surface area contributed by atoms with E-state index in [1.54, 1.807) is 4.90 Å². The summed E-state index contributed by atoms with van der Waals surface area (Å²) in [6.45, 7) is 4.73. The number of hydrogen-bond donors (Lipinski definition) is 1. The molecule has 2 aromatic carbocycles. The van der Waals surface area contributed by atoms with E-state index >= 15 is 0 Å². The SMILES string of the molecule is O=C(CN1[C]N(Cc2ccccc2)C=C1)NCc1ccccc1. The van der Waals surface area contributed by atoms with E-state index in [1.165, 1.54) is 5.56 Å². The van der Waals surface area contributed by atoms with Crippen LogP contribution in [0.25, 0.3) is 0 Å². The van der Waals surface area contributed by atoms with Gasteiger partial charge in [-0.1, -0.05) is 60.7 Å². The van der Waals surface area contributed by atoms with E-state index in [0.29, 0.717) is 6.54 Å². The summed E-state index contributed by atoms with van der Waals surface area (Å²) in [5.74, 6) is -0.0208. The van der Waals surface area contributed by atoms with E-state index in [-0.39, 0.29) is 12.5 Å². The molecule has 4 heteroatoms. The molecule has 0 unspecified atom stereocenters. The summed E-state index contributed by atoms with van der Waals surface area (Å²) >= 11 is 0. The van der Waals surface area contributed by atoms with E-state index in [1.807, 2.05) is 65.8 Å². The lowest BCUT2D eigenvalue weighted by Gasteiger charge is -2.18. The lowest BCUT2D eigenvalue weighted by atomic mass is 10.2. The number of amides is 1. The van der Waals surface area contributed by atoms with E-state index in [2.05, 4.69) is 24.1 Å². The first-order valence-electron chi connectivity index (χ1n) is 7.62. The van der Waals surface area contributed by atoms with Crippen LogP contribution in [0.5, 0.6) is 0 Å². The van der Waals surface area contributed by atoms with Crippen LogP contribution in [-0.4, -0.2) is 22.3 Å². The lowest BCUT2D eigenvalue weighted by Crippen LogP contribution is -2.33. The molecule has 0 spiro atoms. The first kappa shape index (κ1) is 15.2. The molecule has 0 bridgehead atoms. The van der Waals surface area contributed by atoms with Gasteiger partial charge < -0.3 is 15.1 Å². The summed E-state index contributed by atoms with van der Waals surface area (Å²) in [5.41, 5.74) is 2.30. The van der Waals surface area contributed by atoms with E-state index in [4.69, 9.17) is 0 Å². The maximum Gasteiger partial charge on any atom is 0.239 e. The number of nitrogens with one attached hydrogen (secondary N) is 1. The van der Waals surface area contributed by atoms with Crippen LogP contribution < -0.4 is 5.32 Å². The lowest BCUT2D eigenvalue weighted by molar-refractivity contribution is -0.121. The third kappa shape index (κ3) is 4.61. The van der Waals surface area contributed by atoms with Gasteiger partial charge in [0.15, 0.2) is 0 Å². The summed E-state index contributed by atoms with van der Waals surface area (Å²) in [6.07, 6.45) is 3.79. The Balaban J connectivity index is 1.41. The minimum absolute atomic E-state index is 0.0208. The van der Waals surface area contributed by atoms with Gasteiger partial charge in [0.1, 0.15) is 0 Å². The maximum absolute atomic E-state index is 12.0. The Labute approximate surface area is 137 Å². The molecule has 0 aliphatic carbocycles. The van der Waals surface area contributed by atoms with Crippen LogP contribution >= 0.6 is 0 Å². The highest BCUT2D eigenvalue weighted by Gasteiger charge is 2.17. The Morgan fingerprint density at radius 2 is 1.48 bits per heavy atom. The Morgan fingerprint density at radius 1 is 0.870 bits per heavy atom. The molecular formula is C19H19N3O. The number of carbonyl (C=O) groups is 1. The molecule has 1 N–H and O–H groups in total. The highest BCUT2D eigenvalue weighted by Crippen LogP contribution is 2.14. The van der Waals surface area contributed by atoms with Gasteiger partial charge in [0, 0.05) is 25.5 Å². The largest absolute Gasteiger partial charge is 0.350 e. The highest BCUT2D eigenvalue weighted by molar-refractivity contribution is 5.78. The molecule has 1 amide bonds. The second-order valence-electron chi connectivity index (χ2n) is 5.40. The first-order chi connectivity index (χ1) is 11.3. The summed E-state index contributed by atoms with van der Waals surface area (Å²) in [5, 5.41) is 2.92. The van der Waals surface area contributed by atoms with Crippen LogP contribution in [0.1, 0.15) is 11.1 Å². The monoisotopic (exact) mass is 305 g/mol. The molecule has 1 aliphatic heterocycles. The van der Waals surface area contributed by atoms with Crippen LogP contribution in [-0.2, 0) is 17.9 Å². The second-order valence-corrected chi connectivity index (χ2v) is 5.40. The Hall–Kier alpha value is -2.75. The number of rotatable bonds is 6. The fourth-order valence-electron chi connectivity index (χ4n) is 2.36. The van der Waals surface area contributed by atoms with Gasteiger partial charge in [-0.05, 0) is 11.1 Å². The summed E-state index contributed by atoms with van der Waals surface area (Å²) in [4.78, 5) is 15.7. The molecule has 0 fully saturated rings. The number of nitrogens with zero attached hydrogens (tertiary/aromatic N) is 2. The molecule has 2 aromatic rings. The van der Waals surface area contributed by atoms with E-state index in [9.17, 15) is 4.79 Å². The second kappa shape index (κ2) is 7.49. The summed E-state index contributed by atoms with van der Waals surface area (Å²) in [6, 6.07) is 20.1. The number of hydrogen-bond acceptors (Lipinski definition) is 3. The zero-order chi connectivity index (χ0) is 15.9. The van der Waals surface area contributed by atoms with Gasteiger partial charge >= 0.3 is 0 Å². The van der Waals surface area contributed by atoms with Crippen molar-refractivity contribution < 1.29 is 4.79 Å². The third-order valence-electron chi connectivity index (χ3n) is 3.53. The number of benzene rings is 2. The van der Waals surface area contributed by atoms with Crippen LogP contribution in [0, 0.1) is 6.67 Å². The van der Waals surface area contributed by atoms with Crippen molar-refractivity contribution in [2.75, 3.05) is 6.54 Å². The topological polar surface area (TPSA) is 35.6 Å². The maximum atomic E-state index is 12.0.